The second-order valence-electron chi connectivity index (χ2n) is 11.4. The second kappa shape index (κ2) is 15.4. The van der Waals surface area contributed by atoms with Crippen LogP contribution in [-0.4, -0.2) is 46.1 Å². The van der Waals surface area contributed by atoms with E-state index in [1.807, 2.05) is 0 Å². The first-order valence-electron chi connectivity index (χ1n) is 15.2. The molecular weight excluding hydrogens is 763 g/mol. The zero-order valence-corrected chi connectivity index (χ0v) is 31.3. The lowest BCUT2D eigenvalue weighted by Crippen LogP contribution is -2.32. The Morgan fingerprint density at radius 3 is 1.50 bits per heavy atom. The van der Waals surface area contributed by atoms with Crippen LogP contribution in [-0.2, 0) is 69.4 Å². The number of Topliss-reactive ketones (excluding diaryl/α,β-unsaturated/α-hetero) is 2. The Hall–Kier alpha value is -4.90. The number of nitrogens with one attached hydrogen (secondary N) is 2. The highest BCUT2D eigenvalue weighted by Crippen LogP contribution is 2.41. The number of carbonyl (C=O) groups is 4. The fourth-order valence-electron chi connectivity index (χ4n) is 4.78. The molecule has 0 fully saturated rings. The van der Waals surface area contributed by atoms with Crippen LogP contribution >= 0.6 is 23.2 Å². The predicted octanol–water partition coefficient (Wildman–Crippen LogP) is 4.69. The van der Waals surface area contributed by atoms with Gasteiger partial charge in [0.1, 0.15) is 0 Å². The lowest BCUT2D eigenvalue weighted by atomic mass is 9.92. The smallest absolute Gasteiger partial charge is 0.308 e. The molecule has 2 heterocycles. The summed E-state index contributed by atoms with van der Waals surface area (Å²) in [6.45, 7) is 6.49. The number of carbonyl (C=O) groups excluding carboxylic acids is 4. The molecule has 0 saturated heterocycles. The first-order chi connectivity index (χ1) is 24.2. The second-order valence-corrected chi connectivity index (χ2v) is 15.9. The predicted molar refractivity (Wildman–Crippen MR) is 187 cm³/mol. The number of hydrogen-bond acceptors (Lipinski definition) is 12. The highest BCUT2D eigenvalue weighted by atomic mass is 35.5. The van der Waals surface area contributed by atoms with E-state index in [1.54, 1.807) is 54.6 Å². The molecule has 2 aliphatic heterocycles. The summed E-state index contributed by atoms with van der Waals surface area (Å²) in [7, 11) is -7.82. The molecule has 14 nitrogen and oxygen atoms in total. The normalized spacial score (nSPS) is 20.0. The summed E-state index contributed by atoms with van der Waals surface area (Å²) in [6.07, 6.45) is 0. The summed E-state index contributed by atoms with van der Waals surface area (Å²) in [5, 5.41) is 0.740. The molecule has 276 valence electrons. The first-order valence-corrected chi connectivity index (χ1v) is 19.0. The van der Waals surface area contributed by atoms with Crippen LogP contribution in [0.4, 0.5) is 0 Å². The molecule has 0 saturated carbocycles. The van der Waals surface area contributed by atoms with Crippen LogP contribution in [0.25, 0.3) is 0 Å². The number of halogens is 2. The maximum absolute atomic E-state index is 13.0. The minimum Gasteiger partial charge on any atom is -0.456 e. The monoisotopic (exact) mass is 794 g/mol. The average Bonchev–Trinajstić information content (AvgIpc) is 3.45. The van der Waals surface area contributed by atoms with Crippen molar-refractivity contribution in [2.24, 2.45) is 0 Å². The van der Waals surface area contributed by atoms with Crippen LogP contribution in [0.1, 0.15) is 45.7 Å². The Kier molecular flexibility index (Phi) is 11.8. The van der Waals surface area contributed by atoms with Gasteiger partial charge < -0.3 is 18.9 Å². The van der Waals surface area contributed by atoms with Crippen LogP contribution in [0.2, 0.25) is 10.0 Å². The fourth-order valence-corrected chi connectivity index (χ4v) is 6.74. The van der Waals surface area contributed by atoms with E-state index in [4.69, 9.17) is 42.1 Å². The van der Waals surface area contributed by atoms with Crippen molar-refractivity contribution >= 4 is 66.8 Å². The van der Waals surface area contributed by atoms with E-state index in [2.05, 4.69) is 9.44 Å². The van der Waals surface area contributed by atoms with Gasteiger partial charge in [-0.05, 0) is 57.2 Å². The van der Waals surface area contributed by atoms with Crippen LogP contribution in [0.3, 0.4) is 0 Å². The van der Waals surface area contributed by atoms with Gasteiger partial charge in [0.05, 0.1) is 10.6 Å². The number of benzene rings is 3. The van der Waals surface area contributed by atoms with Crippen molar-refractivity contribution in [3.63, 3.8) is 0 Å². The molecule has 0 bridgehead atoms. The molecule has 0 spiro atoms. The quantitative estimate of drug-likeness (QED) is 0.269. The SMILES string of the molecule is CC(=O)OC1=C(NS(=O)(=O)c2ccccc2)OC(C)(c2cccc(Cl)c2)C1=O.CCS(=O)(=O)NC1=C(OC(C)=O)C(=O)C(C)(c2cccc(Cl)c2)O1. The van der Waals surface area contributed by atoms with Crippen molar-refractivity contribution in [3.05, 3.63) is 123 Å². The average molecular weight is 796 g/mol. The first kappa shape index (κ1) is 39.9. The van der Waals surface area contributed by atoms with Crippen molar-refractivity contribution in [1.29, 1.82) is 0 Å². The number of sulfonamides is 2. The number of esters is 2. The van der Waals surface area contributed by atoms with Gasteiger partial charge in [-0.15, -0.1) is 0 Å². The van der Waals surface area contributed by atoms with Crippen molar-refractivity contribution in [2.75, 3.05) is 5.75 Å². The van der Waals surface area contributed by atoms with Crippen molar-refractivity contribution < 1.29 is 55.0 Å². The topological polar surface area (TPSA) is 198 Å². The molecule has 18 heteroatoms. The standard InChI is InChI=1S/C19H16ClNO6S.C15H16ClNO6S/c1-12(22)26-16-17(23)19(2,13-7-6-8-14(20)11-13)27-18(16)21-28(24,25)15-9-4-3-5-10-15;1-4-24(20,21)17-14-12(22-9(2)18)13(19)15(3,23-14)10-6-5-7-11(16)8-10/h3-11,21H,1-2H3;5-8,17H,4H2,1-3H3. The van der Waals surface area contributed by atoms with Gasteiger partial charge in [-0.25, -0.2) is 21.6 Å². The van der Waals surface area contributed by atoms with Crippen molar-refractivity contribution in [3.8, 4) is 0 Å². The molecule has 3 aromatic rings. The molecule has 0 aliphatic carbocycles. The van der Waals surface area contributed by atoms with E-state index in [9.17, 15) is 36.0 Å². The molecule has 0 aromatic heterocycles. The lowest BCUT2D eigenvalue weighted by molar-refractivity contribution is -0.142. The minimum absolute atomic E-state index is 0.0444. The summed E-state index contributed by atoms with van der Waals surface area (Å²) in [5.74, 6) is -5.09. The molecule has 2 N–H and O–H groups in total. The molecule has 0 amide bonds. The van der Waals surface area contributed by atoms with Gasteiger partial charge in [-0.2, -0.15) is 0 Å². The molecule has 5 rings (SSSR count). The van der Waals surface area contributed by atoms with Crippen LogP contribution in [0.15, 0.2) is 107 Å². The maximum Gasteiger partial charge on any atom is 0.308 e. The lowest BCUT2D eigenvalue weighted by Gasteiger charge is -2.24. The van der Waals surface area contributed by atoms with E-state index < -0.39 is 78.0 Å². The van der Waals surface area contributed by atoms with E-state index in [0.717, 1.165) is 13.8 Å². The van der Waals surface area contributed by atoms with E-state index in [1.165, 1.54) is 45.0 Å². The van der Waals surface area contributed by atoms with Gasteiger partial charge >= 0.3 is 11.9 Å². The van der Waals surface area contributed by atoms with Crippen molar-refractivity contribution in [2.45, 2.75) is 50.7 Å². The Morgan fingerprint density at radius 2 is 1.12 bits per heavy atom. The molecule has 2 atom stereocenters. The maximum atomic E-state index is 13.0. The fraction of sp³-hybridized carbons (Fsp3) is 0.235. The third-order valence-electron chi connectivity index (χ3n) is 7.46. The largest absolute Gasteiger partial charge is 0.456 e. The molecule has 2 aliphatic rings. The zero-order valence-electron chi connectivity index (χ0n) is 28.2. The number of hydrogen-bond donors (Lipinski definition) is 2. The molecular formula is C34H32Cl2N2O12S2. The summed E-state index contributed by atoms with van der Waals surface area (Å²) < 4.78 is 74.3. The summed E-state index contributed by atoms with van der Waals surface area (Å²) >= 11 is 11.9. The number of rotatable bonds is 10. The summed E-state index contributed by atoms with van der Waals surface area (Å²) in [6, 6.07) is 20.2. The minimum atomic E-state index is -4.08. The summed E-state index contributed by atoms with van der Waals surface area (Å²) in [4.78, 5) is 48.4. The molecule has 52 heavy (non-hydrogen) atoms. The Balaban J connectivity index is 0.000000236. The molecule has 0 radical (unpaired) electrons. The zero-order chi connectivity index (χ0) is 38.6. The highest BCUT2D eigenvalue weighted by Gasteiger charge is 2.51. The van der Waals surface area contributed by atoms with E-state index in [-0.39, 0.29) is 10.6 Å². The Bertz CT molecular complexity index is 2220. The van der Waals surface area contributed by atoms with Gasteiger partial charge in [0.15, 0.2) is 11.2 Å². The Morgan fingerprint density at radius 1 is 0.692 bits per heavy atom. The molecule has 3 aromatic carbocycles. The molecule has 2 unspecified atom stereocenters. The Labute approximate surface area is 309 Å². The van der Waals surface area contributed by atoms with Gasteiger partial charge in [-0.1, -0.05) is 65.7 Å². The van der Waals surface area contributed by atoms with Crippen molar-refractivity contribution in [1.82, 2.24) is 9.44 Å². The third-order valence-corrected chi connectivity index (χ3v) is 10.5. The summed E-state index contributed by atoms with van der Waals surface area (Å²) in [5.41, 5.74) is -2.41. The van der Waals surface area contributed by atoms with E-state index >= 15 is 0 Å². The van der Waals surface area contributed by atoms with Gasteiger partial charge in [0, 0.05) is 35.0 Å². The van der Waals surface area contributed by atoms with Gasteiger partial charge in [0.2, 0.25) is 27.4 Å². The van der Waals surface area contributed by atoms with Gasteiger partial charge in [-0.3, -0.25) is 23.9 Å². The van der Waals surface area contributed by atoms with Crippen LogP contribution < -0.4 is 9.44 Å². The van der Waals surface area contributed by atoms with Crippen LogP contribution in [0, 0.1) is 0 Å². The highest BCUT2D eigenvalue weighted by molar-refractivity contribution is 7.89. The van der Waals surface area contributed by atoms with Crippen LogP contribution in [0.5, 0.6) is 0 Å². The number of ketones is 2. The van der Waals surface area contributed by atoms with E-state index in [0.29, 0.717) is 21.2 Å². The van der Waals surface area contributed by atoms with Gasteiger partial charge in [0.25, 0.3) is 27.5 Å². The number of ether oxygens (including phenoxy) is 4. The third kappa shape index (κ3) is 8.75.